The molecule has 3 aliphatic carbocycles. The monoisotopic (exact) mass is 423 g/mol. The average Bonchev–Trinajstić information content (AvgIpc) is 3.63. The lowest BCUT2D eigenvalue weighted by Gasteiger charge is -2.32. The molecule has 1 amide bonds. The number of likely N-dealkylation sites (tertiary alicyclic amines) is 1. The molecule has 4 fully saturated rings. The predicted molar refractivity (Wildman–Crippen MR) is 111 cm³/mol. The molecular weight excluding hydrogens is 392 g/mol. The van der Waals surface area contributed by atoms with Gasteiger partial charge < -0.3 is 15.5 Å². The van der Waals surface area contributed by atoms with Crippen molar-refractivity contribution >= 4 is 17.2 Å². The Balaban J connectivity index is 1.07. The Labute approximate surface area is 175 Å². The van der Waals surface area contributed by atoms with E-state index in [4.69, 9.17) is 0 Å². The lowest BCUT2D eigenvalue weighted by Crippen LogP contribution is -2.44. The van der Waals surface area contributed by atoms with Crippen LogP contribution < -0.4 is 10.6 Å². The summed E-state index contributed by atoms with van der Waals surface area (Å²) in [6, 6.07) is 3.95. The molecule has 7 heteroatoms. The van der Waals surface area contributed by atoms with Crippen molar-refractivity contribution in [3.8, 4) is 0 Å². The molecular formula is C22H31F2N3OS. The van der Waals surface area contributed by atoms with Crippen LogP contribution in [-0.4, -0.2) is 54.0 Å². The molecule has 160 valence electrons. The fourth-order valence-corrected chi connectivity index (χ4v) is 6.06. The second-order valence-corrected chi connectivity index (χ2v) is 10.4. The van der Waals surface area contributed by atoms with E-state index in [2.05, 4.69) is 15.5 Å². The Morgan fingerprint density at radius 2 is 1.79 bits per heavy atom. The molecule has 1 aromatic heterocycles. The number of thiophene rings is 1. The van der Waals surface area contributed by atoms with E-state index >= 15 is 0 Å². The zero-order chi connectivity index (χ0) is 20.0. The summed E-state index contributed by atoms with van der Waals surface area (Å²) in [5.41, 5.74) is 0.686. The molecule has 0 radical (unpaired) electrons. The quantitative estimate of drug-likeness (QED) is 0.723. The number of amides is 1. The van der Waals surface area contributed by atoms with E-state index in [1.165, 1.54) is 43.6 Å². The third kappa shape index (κ3) is 4.83. The third-order valence-electron chi connectivity index (χ3n) is 7.13. The van der Waals surface area contributed by atoms with Crippen LogP contribution in [0.3, 0.4) is 0 Å². The van der Waals surface area contributed by atoms with Gasteiger partial charge in [-0.25, -0.2) is 8.78 Å². The van der Waals surface area contributed by atoms with Gasteiger partial charge in [0.2, 0.25) is 5.92 Å². The predicted octanol–water partition coefficient (Wildman–Crippen LogP) is 4.13. The molecule has 0 bridgehead atoms. The van der Waals surface area contributed by atoms with E-state index in [0.29, 0.717) is 36.4 Å². The van der Waals surface area contributed by atoms with E-state index < -0.39 is 5.92 Å². The molecule has 0 aromatic carbocycles. The first-order valence-electron chi connectivity index (χ1n) is 11.2. The molecule has 3 saturated carbocycles. The SMILES string of the molecule is O=C(NC1CCC(F)(F)CC1)c1csc(C2CC2NC2CCN(C3CC3)CC2)c1. The second kappa shape index (κ2) is 7.89. The number of carbonyl (C=O) groups is 1. The maximum absolute atomic E-state index is 13.3. The van der Waals surface area contributed by atoms with Gasteiger partial charge in [-0.15, -0.1) is 11.3 Å². The summed E-state index contributed by atoms with van der Waals surface area (Å²) in [6.07, 6.45) is 6.92. The molecule has 1 aromatic rings. The second-order valence-electron chi connectivity index (χ2n) is 9.50. The van der Waals surface area contributed by atoms with Gasteiger partial charge in [-0.2, -0.15) is 0 Å². The van der Waals surface area contributed by atoms with Crippen LogP contribution in [-0.2, 0) is 0 Å². The Morgan fingerprint density at radius 3 is 2.48 bits per heavy atom. The van der Waals surface area contributed by atoms with Crippen LogP contribution in [0.15, 0.2) is 11.4 Å². The highest BCUT2D eigenvalue weighted by atomic mass is 32.1. The number of nitrogens with one attached hydrogen (secondary N) is 2. The molecule has 4 nitrogen and oxygen atoms in total. The van der Waals surface area contributed by atoms with Crippen molar-refractivity contribution in [3.63, 3.8) is 0 Å². The molecule has 4 aliphatic rings. The highest BCUT2D eigenvalue weighted by Crippen LogP contribution is 2.44. The van der Waals surface area contributed by atoms with Crippen LogP contribution in [0.2, 0.25) is 0 Å². The van der Waals surface area contributed by atoms with Crippen LogP contribution in [0.5, 0.6) is 0 Å². The van der Waals surface area contributed by atoms with Gasteiger partial charge in [0.15, 0.2) is 0 Å². The highest BCUT2D eigenvalue weighted by molar-refractivity contribution is 7.10. The molecule has 1 aliphatic heterocycles. The number of hydrogen-bond acceptors (Lipinski definition) is 4. The van der Waals surface area contributed by atoms with E-state index in [9.17, 15) is 13.6 Å². The first kappa shape index (κ1) is 19.9. The van der Waals surface area contributed by atoms with Crippen molar-refractivity contribution in [3.05, 3.63) is 21.9 Å². The number of piperidine rings is 1. The van der Waals surface area contributed by atoms with E-state index in [0.717, 1.165) is 12.5 Å². The van der Waals surface area contributed by atoms with E-state index in [1.54, 1.807) is 11.3 Å². The summed E-state index contributed by atoms with van der Waals surface area (Å²) >= 11 is 1.66. The summed E-state index contributed by atoms with van der Waals surface area (Å²) in [4.78, 5) is 16.4. The molecule has 0 spiro atoms. The normalized spacial score (nSPS) is 31.0. The van der Waals surface area contributed by atoms with E-state index in [-0.39, 0.29) is 24.8 Å². The summed E-state index contributed by atoms with van der Waals surface area (Å²) < 4.78 is 26.6. The van der Waals surface area contributed by atoms with Gasteiger partial charge in [0, 0.05) is 53.2 Å². The first-order chi connectivity index (χ1) is 14.0. The Morgan fingerprint density at radius 1 is 1.07 bits per heavy atom. The van der Waals surface area contributed by atoms with Gasteiger partial charge in [-0.05, 0) is 64.1 Å². The van der Waals surface area contributed by atoms with Crippen LogP contribution in [0.1, 0.15) is 78.9 Å². The molecule has 2 unspecified atom stereocenters. The number of nitrogens with zero attached hydrogens (tertiary/aromatic N) is 1. The Kier molecular flexibility index (Phi) is 5.41. The van der Waals surface area contributed by atoms with Gasteiger partial charge in [-0.3, -0.25) is 4.79 Å². The minimum Gasteiger partial charge on any atom is -0.349 e. The van der Waals surface area contributed by atoms with Crippen LogP contribution in [0, 0.1) is 0 Å². The van der Waals surface area contributed by atoms with Crippen LogP contribution in [0.4, 0.5) is 8.78 Å². The minimum atomic E-state index is -2.56. The molecule has 2 heterocycles. The maximum Gasteiger partial charge on any atom is 0.252 e. The molecule has 2 N–H and O–H groups in total. The van der Waals surface area contributed by atoms with Crippen LogP contribution in [0.25, 0.3) is 0 Å². The van der Waals surface area contributed by atoms with E-state index in [1.807, 2.05) is 11.4 Å². The number of halogens is 2. The lowest BCUT2D eigenvalue weighted by molar-refractivity contribution is -0.0399. The van der Waals surface area contributed by atoms with Gasteiger partial charge in [-0.1, -0.05) is 0 Å². The smallest absolute Gasteiger partial charge is 0.252 e. The third-order valence-corrected chi connectivity index (χ3v) is 8.20. The largest absolute Gasteiger partial charge is 0.349 e. The Hall–Kier alpha value is -1.05. The van der Waals surface area contributed by atoms with Gasteiger partial charge >= 0.3 is 0 Å². The number of carbonyl (C=O) groups excluding carboxylic acids is 1. The van der Waals surface area contributed by atoms with Crippen molar-refractivity contribution < 1.29 is 13.6 Å². The number of rotatable bonds is 6. The first-order valence-corrected chi connectivity index (χ1v) is 12.1. The van der Waals surface area contributed by atoms with Gasteiger partial charge in [0.1, 0.15) is 0 Å². The summed E-state index contributed by atoms with van der Waals surface area (Å²) in [6.45, 7) is 2.46. The summed E-state index contributed by atoms with van der Waals surface area (Å²) in [5.74, 6) is -2.14. The molecule has 1 saturated heterocycles. The molecule has 29 heavy (non-hydrogen) atoms. The Bertz CT molecular complexity index is 732. The van der Waals surface area contributed by atoms with Crippen molar-refractivity contribution in [2.45, 2.75) is 93.8 Å². The summed E-state index contributed by atoms with van der Waals surface area (Å²) in [7, 11) is 0. The van der Waals surface area contributed by atoms with Gasteiger partial charge in [0.05, 0.1) is 5.56 Å². The highest BCUT2D eigenvalue weighted by Gasteiger charge is 2.42. The zero-order valence-electron chi connectivity index (χ0n) is 16.8. The molecule has 5 rings (SSSR count). The van der Waals surface area contributed by atoms with Crippen LogP contribution >= 0.6 is 11.3 Å². The summed E-state index contributed by atoms with van der Waals surface area (Å²) in [5, 5.41) is 8.72. The zero-order valence-corrected chi connectivity index (χ0v) is 17.7. The lowest BCUT2D eigenvalue weighted by atomic mass is 9.92. The van der Waals surface area contributed by atoms with Crippen molar-refractivity contribution in [2.24, 2.45) is 0 Å². The number of alkyl halides is 2. The minimum absolute atomic E-state index is 0.111. The van der Waals surface area contributed by atoms with Gasteiger partial charge in [0.25, 0.3) is 5.91 Å². The topological polar surface area (TPSA) is 44.4 Å². The number of hydrogen-bond donors (Lipinski definition) is 2. The fourth-order valence-electron chi connectivity index (χ4n) is 4.99. The van der Waals surface area contributed by atoms with Crippen molar-refractivity contribution in [1.82, 2.24) is 15.5 Å². The van der Waals surface area contributed by atoms with Crippen molar-refractivity contribution in [1.29, 1.82) is 0 Å². The average molecular weight is 424 g/mol. The fraction of sp³-hybridized carbons (Fsp3) is 0.773. The standard InChI is InChI=1S/C22H31F2N3OS/c23-22(24)7-3-15(4-8-22)26-21(28)14-11-20(29-13-14)18-12-19(18)25-16-5-9-27(10-6-16)17-1-2-17/h11,13,15-19,25H,1-10,12H2,(H,26,28). The molecule has 2 atom stereocenters. The van der Waals surface area contributed by atoms with Crippen molar-refractivity contribution in [2.75, 3.05) is 13.1 Å². The maximum atomic E-state index is 13.3.